The van der Waals surface area contributed by atoms with Crippen LogP contribution in [-0.2, 0) is 25.5 Å². The molecule has 2 aromatic rings. The highest BCUT2D eigenvalue weighted by Gasteiger charge is 2.33. The maximum atomic E-state index is 12.7. The van der Waals surface area contributed by atoms with Crippen molar-refractivity contribution >= 4 is 17.8 Å². The van der Waals surface area contributed by atoms with Crippen LogP contribution in [0.4, 0.5) is 0 Å². The van der Waals surface area contributed by atoms with E-state index in [9.17, 15) is 14.4 Å². The van der Waals surface area contributed by atoms with Crippen LogP contribution in [0.2, 0.25) is 0 Å². The molecule has 170 valence electrons. The van der Waals surface area contributed by atoms with Crippen LogP contribution >= 0.6 is 0 Å². The lowest BCUT2D eigenvalue weighted by Crippen LogP contribution is -2.44. The second kappa shape index (κ2) is 11.9. The number of ether oxygens (including phenoxy) is 1. The van der Waals surface area contributed by atoms with Gasteiger partial charge in [0, 0.05) is 50.2 Å². The van der Waals surface area contributed by atoms with Gasteiger partial charge < -0.3 is 15.4 Å². The molecule has 2 aromatic heterocycles. The van der Waals surface area contributed by atoms with Gasteiger partial charge in [-0.1, -0.05) is 6.07 Å². The van der Waals surface area contributed by atoms with Crippen molar-refractivity contribution < 1.29 is 19.1 Å². The number of carbonyl (C=O) groups excluding carboxylic acids is 3. The van der Waals surface area contributed by atoms with Crippen LogP contribution in [-0.4, -0.2) is 47.4 Å². The molecule has 8 nitrogen and oxygen atoms in total. The Bertz CT molecular complexity index is 891. The molecule has 2 N–H and O–H groups in total. The zero-order chi connectivity index (χ0) is 22.8. The third kappa shape index (κ3) is 6.60. The zero-order valence-electron chi connectivity index (χ0n) is 18.3. The highest BCUT2D eigenvalue weighted by molar-refractivity contribution is 5.83. The highest BCUT2D eigenvalue weighted by atomic mass is 16.5. The Hall–Kier alpha value is -3.29. The maximum absolute atomic E-state index is 12.7. The van der Waals surface area contributed by atoms with Crippen molar-refractivity contribution in [3.05, 3.63) is 60.2 Å². The van der Waals surface area contributed by atoms with Crippen LogP contribution in [0.15, 0.2) is 49.1 Å². The molecule has 0 spiro atoms. The lowest BCUT2D eigenvalue weighted by molar-refractivity contribution is -0.144. The predicted octanol–water partition coefficient (Wildman–Crippen LogP) is 2.01. The van der Waals surface area contributed by atoms with Crippen molar-refractivity contribution in [1.82, 2.24) is 20.6 Å². The molecule has 3 rings (SSSR count). The molecular formula is C24H30N4O4. The topological polar surface area (TPSA) is 110 Å². The van der Waals surface area contributed by atoms with E-state index in [1.165, 1.54) is 0 Å². The Morgan fingerprint density at radius 3 is 2.75 bits per heavy atom. The lowest BCUT2D eigenvalue weighted by atomic mass is 9.80. The summed E-state index contributed by atoms with van der Waals surface area (Å²) in [5.41, 5.74) is 1.81. The van der Waals surface area contributed by atoms with E-state index in [0.717, 1.165) is 18.4 Å². The number of amides is 2. The number of pyridine rings is 2. The van der Waals surface area contributed by atoms with E-state index in [0.29, 0.717) is 18.5 Å². The van der Waals surface area contributed by atoms with E-state index >= 15 is 0 Å². The lowest BCUT2D eigenvalue weighted by Gasteiger charge is -2.31. The SMILES string of the molecule is CCOC(=O)[C@@H](CNC(=O)C[C@@H]1CCNC(=O)[C@@H]1CCc1ccncc1)c1cccnc1. The predicted molar refractivity (Wildman–Crippen MR) is 118 cm³/mol. The van der Waals surface area contributed by atoms with Gasteiger partial charge in [-0.15, -0.1) is 0 Å². The summed E-state index contributed by atoms with van der Waals surface area (Å²) in [6.07, 6.45) is 9.15. The first-order chi connectivity index (χ1) is 15.6. The first-order valence-corrected chi connectivity index (χ1v) is 11.1. The fourth-order valence-corrected chi connectivity index (χ4v) is 4.10. The van der Waals surface area contributed by atoms with Gasteiger partial charge in [0.05, 0.1) is 6.61 Å². The summed E-state index contributed by atoms with van der Waals surface area (Å²) in [4.78, 5) is 45.7. The molecule has 0 radical (unpaired) electrons. The van der Waals surface area contributed by atoms with Crippen LogP contribution in [0.5, 0.6) is 0 Å². The number of aromatic nitrogens is 2. The molecule has 0 bridgehead atoms. The van der Waals surface area contributed by atoms with Gasteiger partial charge in [0.15, 0.2) is 0 Å². The van der Waals surface area contributed by atoms with E-state index in [1.807, 2.05) is 12.1 Å². The Balaban J connectivity index is 1.58. The Morgan fingerprint density at radius 2 is 2.03 bits per heavy atom. The smallest absolute Gasteiger partial charge is 0.315 e. The van der Waals surface area contributed by atoms with Gasteiger partial charge in [-0.05, 0) is 61.4 Å². The number of nitrogens with zero attached hydrogens (tertiary/aromatic N) is 2. The Labute approximate surface area is 188 Å². The van der Waals surface area contributed by atoms with Crippen molar-refractivity contribution in [2.75, 3.05) is 19.7 Å². The first kappa shape index (κ1) is 23.4. The summed E-state index contributed by atoms with van der Waals surface area (Å²) in [5, 5.41) is 5.79. The van der Waals surface area contributed by atoms with Crippen molar-refractivity contribution in [3.63, 3.8) is 0 Å². The average molecular weight is 439 g/mol. The van der Waals surface area contributed by atoms with Crippen LogP contribution in [0.3, 0.4) is 0 Å². The molecule has 32 heavy (non-hydrogen) atoms. The quantitative estimate of drug-likeness (QED) is 0.549. The second-order valence-electron chi connectivity index (χ2n) is 7.94. The van der Waals surface area contributed by atoms with Crippen molar-refractivity contribution in [2.24, 2.45) is 11.8 Å². The number of carbonyl (C=O) groups is 3. The van der Waals surface area contributed by atoms with Gasteiger partial charge in [0.2, 0.25) is 11.8 Å². The summed E-state index contributed by atoms with van der Waals surface area (Å²) < 4.78 is 5.17. The van der Waals surface area contributed by atoms with Crippen LogP contribution in [0.1, 0.15) is 43.2 Å². The summed E-state index contributed by atoms with van der Waals surface area (Å²) in [5.74, 6) is -1.44. The molecule has 2 amide bonds. The zero-order valence-corrected chi connectivity index (χ0v) is 18.3. The standard InChI is InChI=1S/C24H30N4O4/c1-2-32-24(31)21(19-4-3-10-26-15-19)16-28-22(29)14-18-9-13-27-23(30)20(18)6-5-17-7-11-25-12-8-17/h3-4,7-8,10-12,15,18,20-21H,2,5-6,9,13-14,16H2,1H3,(H,27,30)(H,28,29)/t18-,20+,21-/m0/s1. The molecule has 3 atom stereocenters. The van der Waals surface area contributed by atoms with E-state index in [-0.39, 0.29) is 43.2 Å². The minimum absolute atomic E-state index is 0.00265. The third-order valence-electron chi connectivity index (χ3n) is 5.82. The number of rotatable bonds is 10. The molecule has 1 aliphatic rings. The molecule has 3 heterocycles. The number of hydrogen-bond donors (Lipinski definition) is 2. The molecular weight excluding hydrogens is 408 g/mol. The third-order valence-corrected chi connectivity index (χ3v) is 5.82. The van der Waals surface area contributed by atoms with E-state index in [1.54, 1.807) is 43.8 Å². The maximum Gasteiger partial charge on any atom is 0.315 e. The normalized spacial score (nSPS) is 19.0. The average Bonchev–Trinajstić information content (AvgIpc) is 2.80. The summed E-state index contributed by atoms with van der Waals surface area (Å²) >= 11 is 0. The number of esters is 1. The van der Waals surface area contributed by atoms with Crippen molar-refractivity contribution in [1.29, 1.82) is 0 Å². The van der Waals surface area contributed by atoms with Gasteiger partial charge in [0.25, 0.3) is 0 Å². The van der Waals surface area contributed by atoms with Gasteiger partial charge in [-0.25, -0.2) is 0 Å². The van der Waals surface area contributed by atoms with Gasteiger partial charge in [0.1, 0.15) is 5.92 Å². The Morgan fingerprint density at radius 1 is 1.22 bits per heavy atom. The van der Waals surface area contributed by atoms with Gasteiger partial charge in [-0.3, -0.25) is 24.4 Å². The fraction of sp³-hybridized carbons (Fsp3) is 0.458. The van der Waals surface area contributed by atoms with Crippen molar-refractivity contribution in [2.45, 2.75) is 38.5 Å². The van der Waals surface area contributed by atoms with Gasteiger partial charge >= 0.3 is 5.97 Å². The largest absolute Gasteiger partial charge is 0.465 e. The van der Waals surface area contributed by atoms with Crippen LogP contribution in [0, 0.1) is 11.8 Å². The van der Waals surface area contributed by atoms with Crippen LogP contribution in [0.25, 0.3) is 0 Å². The summed E-state index contributed by atoms with van der Waals surface area (Å²) in [6, 6.07) is 7.42. The summed E-state index contributed by atoms with van der Waals surface area (Å²) in [6.45, 7) is 2.71. The van der Waals surface area contributed by atoms with Crippen LogP contribution < -0.4 is 10.6 Å². The number of hydrogen-bond acceptors (Lipinski definition) is 6. The van der Waals surface area contributed by atoms with Crippen molar-refractivity contribution in [3.8, 4) is 0 Å². The molecule has 1 fully saturated rings. The van der Waals surface area contributed by atoms with E-state index in [4.69, 9.17) is 4.74 Å². The first-order valence-electron chi connectivity index (χ1n) is 11.1. The van der Waals surface area contributed by atoms with E-state index < -0.39 is 11.9 Å². The Kier molecular flexibility index (Phi) is 8.71. The molecule has 0 unspecified atom stereocenters. The molecule has 0 saturated carbocycles. The van der Waals surface area contributed by atoms with Gasteiger partial charge in [-0.2, -0.15) is 0 Å². The molecule has 1 aliphatic heterocycles. The summed E-state index contributed by atoms with van der Waals surface area (Å²) in [7, 11) is 0. The molecule has 1 saturated heterocycles. The fourth-order valence-electron chi connectivity index (χ4n) is 4.10. The molecule has 0 aliphatic carbocycles. The number of piperidine rings is 1. The minimum atomic E-state index is -0.621. The monoisotopic (exact) mass is 438 g/mol. The molecule has 8 heteroatoms. The highest BCUT2D eigenvalue weighted by Crippen LogP contribution is 2.28. The molecule has 0 aromatic carbocycles. The van der Waals surface area contributed by atoms with E-state index in [2.05, 4.69) is 20.6 Å². The minimum Gasteiger partial charge on any atom is -0.465 e. The number of aryl methyl sites for hydroxylation is 1. The second-order valence-corrected chi connectivity index (χ2v) is 7.94. The number of nitrogens with one attached hydrogen (secondary N) is 2.